The Morgan fingerprint density at radius 3 is 2.42 bits per heavy atom. The van der Waals surface area contributed by atoms with Gasteiger partial charge in [0.2, 0.25) is 5.91 Å². The van der Waals surface area contributed by atoms with Crippen LogP contribution in [0.15, 0.2) is 47.6 Å². The zero-order valence-corrected chi connectivity index (χ0v) is 18.3. The summed E-state index contributed by atoms with van der Waals surface area (Å²) in [7, 11) is 3.23. The lowest BCUT2D eigenvalue weighted by atomic mass is 9.97. The molecular formula is C24H29N3O4. The van der Waals surface area contributed by atoms with E-state index in [4.69, 9.17) is 19.3 Å². The molecule has 0 aliphatic carbocycles. The smallest absolute Gasteiger partial charge is 0.242 e. The Bertz CT molecular complexity index is 952. The highest BCUT2D eigenvalue weighted by Crippen LogP contribution is 2.37. The Labute approximate surface area is 183 Å². The number of hydrogen-bond acceptors (Lipinski definition) is 6. The number of hydrazone groups is 1. The van der Waals surface area contributed by atoms with E-state index in [-0.39, 0.29) is 11.9 Å². The van der Waals surface area contributed by atoms with Crippen LogP contribution in [-0.4, -0.2) is 57.2 Å². The number of benzene rings is 2. The van der Waals surface area contributed by atoms with Gasteiger partial charge in [0.05, 0.1) is 39.2 Å². The molecule has 1 fully saturated rings. The summed E-state index contributed by atoms with van der Waals surface area (Å²) in [5.74, 6) is 1.31. The van der Waals surface area contributed by atoms with Gasteiger partial charge in [0.25, 0.3) is 0 Å². The fraction of sp³-hybridized carbons (Fsp3) is 0.417. The Morgan fingerprint density at radius 2 is 1.77 bits per heavy atom. The molecule has 0 bridgehead atoms. The van der Waals surface area contributed by atoms with Crippen LogP contribution in [0.4, 0.5) is 5.69 Å². The number of anilines is 1. The Morgan fingerprint density at radius 1 is 1.06 bits per heavy atom. The lowest BCUT2D eigenvalue weighted by Crippen LogP contribution is -2.36. The molecule has 0 saturated carbocycles. The average molecular weight is 424 g/mol. The number of carbonyl (C=O) groups excluding carboxylic acids is 1. The van der Waals surface area contributed by atoms with Crippen molar-refractivity contribution in [2.45, 2.75) is 25.8 Å². The lowest BCUT2D eigenvalue weighted by Gasteiger charge is -2.28. The highest BCUT2D eigenvalue weighted by atomic mass is 16.5. The third kappa shape index (κ3) is 4.37. The minimum Gasteiger partial charge on any atom is -0.493 e. The molecule has 2 aromatic carbocycles. The summed E-state index contributed by atoms with van der Waals surface area (Å²) < 4.78 is 16.3. The van der Waals surface area contributed by atoms with Gasteiger partial charge in [-0.05, 0) is 35.4 Å². The topological polar surface area (TPSA) is 63.6 Å². The van der Waals surface area contributed by atoms with Crippen molar-refractivity contribution in [2.24, 2.45) is 5.10 Å². The van der Waals surface area contributed by atoms with Gasteiger partial charge in [-0.25, -0.2) is 5.01 Å². The second-order valence-electron chi connectivity index (χ2n) is 7.62. The van der Waals surface area contributed by atoms with E-state index < -0.39 is 0 Å². The van der Waals surface area contributed by atoms with E-state index in [9.17, 15) is 4.79 Å². The van der Waals surface area contributed by atoms with E-state index >= 15 is 0 Å². The molecule has 0 aromatic heterocycles. The van der Waals surface area contributed by atoms with Crippen molar-refractivity contribution < 1.29 is 19.0 Å². The molecule has 0 radical (unpaired) electrons. The molecule has 2 heterocycles. The molecule has 164 valence electrons. The zero-order valence-electron chi connectivity index (χ0n) is 18.3. The third-order valence-electron chi connectivity index (χ3n) is 5.84. The molecule has 0 spiro atoms. The number of ether oxygens (including phenoxy) is 3. The number of hydrogen-bond donors (Lipinski definition) is 0. The summed E-state index contributed by atoms with van der Waals surface area (Å²) in [6, 6.07) is 14.0. The SMILES string of the molecule is CCC(=O)N1N=C(c2ccc(N3CCOCC3)cc2)CC1c1ccc(OC)c(OC)c1. The molecule has 2 aromatic rings. The van der Waals surface area contributed by atoms with Gasteiger partial charge >= 0.3 is 0 Å². The third-order valence-corrected chi connectivity index (χ3v) is 5.84. The minimum atomic E-state index is -0.166. The largest absolute Gasteiger partial charge is 0.493 e. The van der Waals surface area contributed by atoms with Crippen molar-refractivity contribution >= 4 is 17.3 Å². The molecule has 1 saturated heterocycles. The van der Waals surface area contributed by atoms with E-state index in [1.54, 1.807) is 19.2 Å². The van der Waals surface area contributed by atoms with Gasteiger partial charge in [-0.1, -0.05) is 25.1 Å². The Kier molecular flexibility index (Phi) is 6.42. The molecule has 4 rings (SSSR count). The number of carbonyl (C=O) groups is 1. The Balaban J connectivity index is 1.59. The van der Waals surface area contributed by atoms with Crippen molar-refractivity contribution in [3.05, 3.63) is 53.6 Å². The summed E-state index contributed by atoms with van der Waals surface area (Å²) in [6.45, 7) is 5.19. The van der Waals surface area contributed by atoms with Gasteiger partial charge in [-0.15, -0.1) is 0 Å². The zero-order chi connectivity index (χ0) is 21.8. The molecule has 0 N–H and O–H groups in total. The van der Waals surface area contributed by atoms with Gasteiger partial charge < -0.3 is 19.1 Å². The van der Waals surface area contributed by atoms with Crippen molar-refractivity contribution in [2.75, 3.05) is 45.4 Å². The molecule has 7 nitrogen and oxygen atoms in total. The summed E-state index contributed by atoms with van der Waals surface area (Å²) >= 11 is 0. The standard InChI is InChI=1S/C24H29N3O4/c1-4-24(28)27-21(18-7-10-22(29-2)23(15-18)30-3)16-20(25-27)17-5-8-19(9-6-17)26-11-13-31-14-12-26/h5-10,15,21H,4,11-14,16H2,1-3H3. The predicted octanol–water partition coefficient (Wildman–Crippen LogP) is 3.63. The molecule has 2 aliphatic heterocycles. The first-order chi connectivity index (χ1) is 15.1. The van der Waals surface area contributed by atoms with E-state index in [1.165, 1.54) is 5.69 Å². The quantitative estimate of drug-likeness (QED) is 0.710. The van der Waals surface area contributed by atoms with Gasteiger partial charge in [0, 0.05) is 31.6 Å². The highest BCUT2D eigenvalue weighted by molar-refractivity contribution is 6.03. The molecule has 1 amide bonds. The summed E-state index contributed by atoms with van der Waals surface area (Å²) in [5.41, 5.74) is 4.11. The van der Waals surface area contributed by atoms with Crippen LogP contribution >= 0.6 is 0 Å². The number of morpholine rings is 1. The lowest BCUT2D eigenvalue weighted by molar-refractivity contribution is -0.132. The van der Waals surface area contributed by atoms with Crippen molar-refractivity contribution in [3.63, 3.8) is 0 Å². The van der Waals surface area contributed by atoms with E-state index in [0.717, 1.165) is 43.1 Å². The maximum absolute atomic E-state index is 12.7. The Hall–Kier alpha value is -3.06. The van der Waals surface area contributed by atoms with Crippen molar-refractivity contribution in [3.8, 4) is 11.5 Å². The number of nitrogens with zero attached hydrogens (tertiary/aromatic N) is 3. The first kappa shape index (κ1) is 21.2. The summed E-state index contributed by atoms with van der Waals surface area (Å²) in [6.07, 6.45) is 1.05. The molecule has 7 heteroatoms. The van der Waals surface area contributed by atoms with Crippen LogP contribution in [0, 0.1) is 0 Å². The van der Waals surface area contributed by atoms with Crippen molar-refractivity contribution in [1.82, 2.24) is 5.01 Å². The normalized spacial score (nSPS) is 18.7. The van der Waals surface area contributed by atoms with Crippen LogP contribution in [0.2, 0.25) is 0 Å². The predicted molar refractivity (Wildman–Crippen MR) is 120 cm³/mol. The first-order valence-electron chi connectivity index (χ1n) is 10.7. The van der Waals surface area contributed by atoms with Crippen LogP contribution < -0.4 is 14.4 Å². The fourth-order valence-electron chi connectivity index (χ4n) is 4.08. The first-order valence-corrected chi connectivity index (χ1v) is 10.7. The second-order valence-corrected chi connectivity index (χ2v) is 7.62. The highest BCUT2D eigenvalue weighted by Gasteiger charge is 2.33. The molecule has 2 aliphatic rings. The number of methoxy groups -OCH3 is 2. The van der Waals surface area contributed by atoms with E-state index in [0.29, 0.717) is 24.3 Å². The maximum atomic E-state index is 12.7. The van der Waals surface area contributed by atoms with E-state index in [2.05, 4.69) is 29.2 Å². The molecular weight excluding hydrogens is 394 g/mol. The van der Waals surface area contributed by atoms with Crippen molar-refractivity contribution in [1.29, 1.82) is 0 Å². The van der Waals surface area contributed by atoms with Crippen LogP contribution in [0.1, 0.15) is 36.9 Å². The molecule has 1 atom stereocenters. The van der Waals surface area contributed by atoms with Gasteiger partial charge in [0.1, 0.15) is 0 Å². The van der Waals surface area contributed by atoms with Crippen LogP contribution in [0.3, 0.4) is 0 Å². The van der Waals surface area contributed by atoms with Crippen LogP contribution in [-0.2, 0) is 9.53 Å². The number of amides is 1. The van der Waals surface area contributed by atoms with E-state index in [1.807, 2.05) is 25.1 Å². The molecule has 31 heavy (non-hydrogen) atoms. The number of rotatable bonds is 6. The maximum Gasteiger partial charge on any atom is 0.242 e. The monoisotopic (exact) mass is 423 g/mol. The van der Waals surface area contributed by atoms with Gasteiger partial charge in [-0.3, -0.25) is 4.79 Å². The second kappa shape index (κ2) is 9.39. The molecule has 1 unspecified atom stereocenters. The average Bonchev–Trinajstić information content (AvgIpc) is 3.29. The minimum absolute atomic E-state index is 0.000258. The van der Waals surface area contributed by atoms with Gasteiger partial charge in [0.15, 0.2) is 11.5 Å². The van der Waals surface area contributed by atoms with Gasteiger partial charge in [-0.2, -0.15) is 5.10 Å². The summed E-state index contributed by atoms with van der Waals surface area (Å²) in [5, 5.41) is 6.34. The van der Waals surface area contributed by atoms with Crippen LogP contribution in [0.25, 0.3) is 0 Å². The fourth-order valence-corrected chi connectivity index (χ4v) is 4.08. The summed E-state index contributed by atoms with van der Waals surface area (Å²) in [4.78, 5) is 15.0. The van der Waals surface area contributed by atoms with Crippen LogP contribution in [0.5, 0.6) is 11.5 Å².